The first kappa shape index (κ1) is 9.08. The molecule has 1 aliphatic heterocycles. The Hall–Kier alpha value is -2.18. The minimum Gasteiger partial charge on any atom is -0.477 e. The van der Waals surface area contributed by atoms with Crippen LogP contribution < -0.4 is 0 Å². The summed E-state index contributed by atoms with van der Waals surface area (Å²) >= 11 is 0. The predicted molar refractivity (Wildman–Crippen MR) is 52.9 cm³/mol. The van der Waals surface area contributed by atoms with Crippen molar-refractivity contribution in [2.45, 2.75) is 19.4 Å². The molecule has 3 heterocycles. The number of aromatic nitrogens is 5. The Morgan fingerprint density at radius 3 is 3.12 bits per heavy atom. The molecule has 2 aromatic rings. The first-order chi connectivity index (χ1) is 7.74. The Morgan fingerprint density at radius 2 is 2.44 bits per heavy atom. The molecule has 0 amide bonds. The highest BCUT2D eigenvalue weighted by Crippen LogP contribution is 2.17. The summed E-state index contributed by atoms with van der Waals surface area (Å²) in [7, 11) is 0. The molecule has 0 saturated carbocycles. The molecule has 16 heavy (non-hydrogen) atoms. The number of nitrogens with one attached hydrogen (secondary N) is 1. The predicted octanol–water partition coefficient (Wildman–Crippen LogP) is 0.313. The smallest absolute Gasteiger partial charge is 0.353 e. The summed E-state index contributed by atoms with van der Waals surface area (Å²) in [5.74, 6) is 0.760. The molecule has 0 aliphatic carbocycles. The topological polar surface area (TPSA) is 96.7 Å². The fourth-order valence-corrected chi connectivity index (χ4v) is 1.77. The van der Waals surface area contributed by atoms with Gasteiger partial charge in [-0.1, -0.05) is 0 Å². The molecule has 0 bridgehead atoms. The van der Waals surface area contributed by atoms with E-state index in [2.05, 4.69) is 20.1 Å². The van der Waals surface area contributed by atoms with Gasteiger partial charge in [0.25, 0.3) is 0 Å². The van der Waals surface area contributed by atoms with Crippen LogP contribution in [0.15, 0.2) is 6.20 Å². The number of carbonyl (C=O) groups is 1. The van der Waals surface area contributed by atoms with Crippen LogP contribution in [0.5, 0.6) is 0 Å². The van der Waals surface area contributed by atoms with Gasteiger partial charge < -0.3 is 10.1 Å². The van der Waals surface area contributed by atoms with Crippen LogP contribution in [0.2, 0.25) is 0 Å². The molecular weight excluding hydrogens is 210 g/mol. The van der Waals surface area contributed by atoms with Gasteiger partial charge in [0.05, 0.1) is 6.20 Å². The summed E-state index contributed by atoms with van der Waals surface area (Å²) in [6, 6.07) is 0. The van der Waals surface area contributed by atoms with E-state index in [1.54, 1.807) is 0 Å². The van der Waals surface area contributed by atoms with Crippen molar-refractivity contribution in [2.75, 3.05) is 0 Å². The number of carboxylic acids is 1. The van der Waals surface area contributed by atoms with Crippen molar-refractivity contribution in [3.8, 4) is 11.6 Å². The second kappa shape index (κ2) is 3.16. The normalized spacial score (nSPS) is 14.0. The summed E-state index contributed by atoms with van der Waals surface area (Å²) in [6.45, 7) is 0.870. The van der Waals surface area contributed by atoms with Crippen LogP contribution in [0.3, 0.4) is 0 Å². The molecule has 0 fully saturated rings. The number of H-pyrrole nitrogens is 1. The molecule has 3 rings (SSSR count). The van der Waals surface area contributed by atoms with Crippen molar-refractivity contribution >= 4 is 5.97 Å². The number of carboxylic acid groups (broad SMARTS) is 1. The van der Waals surface area contributed by atoms with Gasteiger partial charge in [-0.05, 0) is 6.42 Å². The average Bonchev–Trinajstić information content (AvgIpc) is 2.91. The largest absolute Gasteiger partial charge is 0.477 e. The van der Waals surface area contributed by atoms with Gasteiger partial charge in [0, 0.05) is 13.0 Å². The Morgan fingerprint density at radius 1 is 1.56 bits per heavy atom. The van der Waals surface area contributed by atoms with Gasteiger partial charge in [-0.3, -0.25) is 0 Å². The Labute approximate surface area is 90.2 Å². The number of imidazole rings is 1. The third-order valence-corrected chi connectivity index (χ3v) is 2.54. The lowest BCUT2D eigenvalue weighted by atomic mass is 10.4. The molecule has 0 aromatic carbocycles. The second-order valence-corrected chi connectivity index (χ2v) is 3.63. The minimum atomic E-state index is -1.04. The maximum absolute atomic E-state index is 10.7. The second-order valence-electron chi connectivity index (χ2n) is 3.63. The van der Waals surface area contributed by atoms with Crippen LogP contribution in [0.4, 0.5) is 0 Å². The van der Waals surface area contributed by atoms with Gasteiger partial charge in [0.15, 0.2) is 5.82 Å². The molecule has 0 spiro atoms. The summed E-state index contributed by atoms with van der Waals surface area (Å²) in [4.78, 5) is 21.6. The summed E-state index contributed by atoms with van der Waals surface area (Å²) < 4.78 is 1.83. The molecular formula is C9H9N5O2. The zero-order valence-corrected chi connectivity index (χ0v) is 8.34. The molecule has 2 N–H and O–H groups in total. The molecule has 2 aromatic heterocycles. The summed E-state index contributed by atoms with van der Waals surface area (Å²) in [6.07, 6.45) is 3.25. The standard InChI is InChI=1S/C9H9N5O2/c15-9(16)5-4-10-7(11-5)8-12-6-2-1-3-14(6)13-8/h4H,1-3H2,(H,10,11)(H,15,16). The molecule has 7 nitrogen and oxygen atoms in total. The number of hydrogen-bond donors (Lipinski definition) is 2. The van der Waals surface area contributed by atoms with Crippen molar-refractivity contribution in [1.29, 1.82) is 0 Å². The van der Waals surface area contributed by atoms with E-state index in [1.165, 1.54) is 6.20 Å². The van der Waals surface area contributed by atoms with E-state index < -0.39 is 5.97 Å². The molecule has 0 atom stereocenters. The fraction of sp³-hybridized carbons (Fsp3) is 0.333. The number of nitrogens with zero attached hydrogens (tertiary/aromatic N) is 4. The third kappa shape index (κ3) is 1.28. The molecule has 0 saturated heterocycles. The lowest BCUT2D eigenvalue weighted by molar-refractivity contribution is 0.0691. The Balaban J connectivity index is 1.98. The van der Waals surface area contributed by atoms with Crippen LogP contribution in [-0.4, -0.2) is 35.8 Å². The maximum Gasteiger partial charge on any atom is 0.353 e. The SMILES string of the molecule is O=C(O)c1cnc(-c2nc3n(n2)CCC3)[nH]1. The average molecular weight is 219 g/mol. The van der Waals surface area contributed by atoms with E-state index in [9.17, 15) is 4.79 Å². The fourth-order valence-electron chi connectivity index (χ4n) is 1.77. The minimum absolute atomic E-state index is 0.0463. The van der Waals surface area contributed by atoms with Crippen LogP contribution in [0.25, 0.3) is 11.6 Å². The van der Waals surface area contributed by atoms with Gasteiger partial charge >= 0.3 is 5.97 Å². The van der Waals surface area contributed by atoms with Crippen molar-refractivity contribution in [3.63, 3.8) is 0 Å². The van der Waals surface area contributed by atoms with Crippen LogP contribution >= 0.6 is 0 Å². The lowest BCUT2D eigenvalue weighted by Crippen LogP contribution is -1.96. The van der Waals surface area contributed by atoms with E-state index in [-0.39, 0.29) is 5.69 Å². The van der Waals surface area contributed by atoms with E-state index in [4.69, 9.17) is 5.11 Å². The number of rotatable bonds is 2. The Bertz CT molecular complexity index is 535. The lowest BCUT2D eigenvalue weighted by Gasteiger charge is -1.89. The quantitative estimate of drug-likeness (QED) is 0.757. The zero-order chi connectivity index (χ0) is 11.1. The van der Waals surface area contributed by atoms with Crippen molar-refractivity contribution in [1.82, 2.24) is 24.7 Å². The Kier molecular flexibility index (Phi) is 1.79. The van der Waals surface area contributed by atoms with Gasteiger partial charge in [0.2, 0.25) is 5.82 Å². The number of hydrogen-bond acceptors (Lipinski definition) is 4. The highest BCUT2D eigenvalue weighted by Gasteiger charge is 2.18. The van der Waals surface area contributed by atoms with Gasteiger partial charge in [-0.25, -0.2) is 19.4 Å². The van der Waals surface area contributed by atoms with Crippen molar-refractivity contribution < 1.29 is 9.90 Å². The van der Waals surface area contributed by atoms with E-state index >= 15 is 0 Å². The van der Waals surface area contributed by atoms with Gasteiger partial charge in [0.1, 0.15) is 11.5 Å². The monoisotopic (exact) mass is 219 g/mol. The molecule has 1 aliphatic rings. The van der Waals surface area contributed by atoms with Crippen LogP contribution in [0, 0.1) is 0 Å². The van der Waals surface area contributed by atoms with Crippen LogP contribution in [-0.2, 0) is 13.0 Å². The third-order valence-electron chi connectivity index (χ3n) is 2.54. The summed E-state index contributed by atoms with van der Waals surface area (Å²) in [5.41, 5.74) is 0.0463. The zero-order valence-electron chi connectivity index (χ0n) is 8.34. The number of aromatic amines is 1. The van der Waals surface area contributed by atoms with E-state index in [0.717, 1.165) is 25.2 Å². The van der Waals surface area contributed by atoms with Gasteiger partial charge in [-0.15, -0.1) is 5.10 Å². The first-order valence-electron chi connectivity index (χ1n) is 4.96. The van der Waals surface area contributed by atoms with Crippen LogP contribution in [0.1, 0.15) is 22.7 Å². The maximum atomic E-state index is 10.7. The van der Waals surface area contributed by atoms with Crippen molar-refractivity contribution in [2.24, 2.45) is 0 Å². The van der Waals surface area contributed by atoms with Crippen molar-refractivity contribution in [3.05, 3.63) is 17.7 Å². The van der Waals surface area contributed by atoms with E-state index in [1.807, 2.05) is 4.68 Å². The molecule has 82 valence electrons. The number of aromatic carboxylic acids is 1. The molecule has 0 unspecified atom stereocenters. The molecule has 0 radical (unpaired) electrons. The number of fused-ring (bicyclic) bond motifs is 1. The highest BCUT2D eigenvalue weighted by molar-refractivity contribution is 5.85. The highest BCUT2D eigenvalue weighted by atomic mass is 16.4. The molecule has 7 heteroatoms. The number of aryl methyl sites for hydroxylation is 2. The van der Waals surface area contributed by atoms with E-state index in [0.29, 0.717) is 11.6 Å². The first-order valence-corrected chi connectivity index (χ1v) is 4.96. The van der Waals surface area contributed by atoms with Gasteiger partial charge in [-0.2, -0.15) is 0 Å². The summed E-state index contributed by atoms with van der Waals surface area (Å²) in [5, 5.41) is 13.0.